The van der Waals surface area contributed by atoms with Gasteiger partial charge in [-0.15, -0.1) is 0 Å². The minimum Gasteiger partial charge on any atom is -0.371 e. The second-order valence-corrected chi connectivity index (χ2v) is 6.90. The van der Waals surface area contributed by atoms with E-state index >= 15 is 0 Å². The molecule has 2 atom stereocenters. The maximum Gasteiger partial charge on any atom is 0.255 e. The Bertz CT molecular complexity index is 807. The van der Waals surface area contributed by atoms with Crippen LogP contribution in [0.2, 0.25) is 0 Å². The standard InChI is InChI=1S/C19H21N3O5/c1-21(16-4-5-17(25)20-18(16)26)19(27)15-8-14(3-2-13(15)11-24)22-7-6-12(9-22)10-23/h2-3,8,10-12,16H,4-7,9H2,1H3,(H,20,25,26). The van der Waals surface area contributed by atoms with Crippen molar-refractivity contribution >= 4 is 36.0 Å². The van der Waals surface area contributed by atoms with E-state index in [1.54, 1.807) is 18.2 Å². The molecule has 27 heavy (non-hydrogen) atoms. The monoisotopic (exact) mass is 371 g/mol. The van der Waals surface area contributed by atoms with Crippen LogP contribution in [0.5, 0.6) is 0 Å². The molecule has 8 nitrogen and oxygen atoms in total. The Kier molecular flexibility index (Phi) is 5.34. The second-order valence-electron chi connectivity index (χ2n) is 6.90. The van der Waals surface area contributed by atoms with Crippen LogP contribution in [0.15, 0.2) is 18.2 Å². The lowest BCUT2D eigenvalue weighted by Gasteiger charge is -2.30. The molecule has 2 aliphatic rings. The van der Waals surface area contributed by atoms with Gasteiger partial charge in [0, 0.05) is 43.7 Å². The van der Waals surface area contributed by atoms with Gasteiger partial charge in [0.1, 0.15) is 12.3 Å². The summed E-state index contributed by atoms with van der Waals surface area (Å²) in [6.07, 6.45) is 2.69. The number of anilines is 1. The van der Waals surface area contributed by atoms with Gasteiger partial charge in [0.2, 0.25) is 11.8 Å². The van der Waals surface area contributed by atoms with Crippen LogP contribution in [-0.4, -0.2) is 61.4 Å². The maximum absolute atomic E-state index is 13.0. The zero-order chi connectivity index (χ0) is 19.6. The molecule has 8 heteroatoms. The third-order valence-corrected chi connectivity index (χ3v) is 5.17. The molecule has 0 aromatic heterocycles. The lowest BCUT2D eigenvalue weighted by molar-refractivity contribution is -0.136. The van der Waals surface area contributed by atoms with Crippen LogP contribution in [0.4, 0.5) is 5.69 Å². The highest BCUT2D eigenvalue weighted by Crippen LogP contribution is 2.26. The molecule has 2 heterocycles. The summed E-state index contributed by atoms with van der Waals surface area (Å²) in [5.74, 6) is -1.37. The first-order valence-electron chi connectivity index (χ1n) is 8.85. The van der Waals surface area contributed by atoms with E-state index in [4.69, 9.17) is 0 Å². The zero-order valence-corrected chi connectivity index (χ0v) is 15.0. The van der Waals surface area contributed by atoms with Crippen molar-refractivity contribution in [2.45, 2.75) is 25.3 Å². The highest BCUT2D eigenvalue weighted by molar-refractivity contribution is 6.06. The summed E-state index contributed by atoms with van der Waals surface area (Å²) in [4.78, 5) is 62.0. The topological polar surface area (TPSA) is 104 Å². The second kappa shape index (κ2) is 7.69. The van der Waals surface area contributed by atoms with Gasteiger partial charge in [0.15, 0.2) is 6.29 Å². The van der Waals surface area contributed by atoms with Crippen LogP contribution in [0.1, 0.15) is 40.0 Å². The summed E-state index contributed by atoms with van der Waals surface area (Å²) in [6, 6.07) is 4.19. The number of nitrogens with zero attached hydrogens (tertiary/aromatic N) is 2. The molecule has 3 rings (SSSR count). The van der Waals surface area contributed by atoms with E-state index < -0.39 is 17.9 Å². The number of nitrogens with one attached hydrogen (secondary N) is 1. The van der Waals surface area contributed by atoms with Gasteiger partial charge in [0.25, 0.3) is 5.91 Å². The molecule has 0 saturated carbocycles. The van der Waals surface area contributed by atoms with Crippen molar-refractivity contribution < 1.29 is 24.0 Å². The predicted molar refractivity (Wildman–Crippen MR) is 96.5 cm³/mol. The van der Waals surface area contributed by atoms with Crippen molar-refractivity contribution in [3.8, 4) is 0 Å². The van der Waals surface area contributed by atoms with E-state index in [1.807, 2.05) is 4.90 Å². The van der Waals surface area contributed by atoms with E-state index in [0.717, 1.165) is 18.4 Å². The first kappa shape index (κ1) is 18.8. The number of hydrogen-bond donors (Lipinski definition) is 1. The summed E-state index contributed by atoms with van der Waals surface area (Å²) < 4.78 is 0. The molecular weight excluding hydrogens is 350 g/mol. The van der Waals surface area contributed by atoms with E-state index in [0.29, 0.717) is 19.4 Å². The molecule has 2 fully saturated rings. The summed E-state index contributed by atoms with van der Waals surface area (Å²) >= 11 is 0. The van der Waals surface area contributed by atoms with Crippen molar-refractivity contribution in [2.75, 3.05) is 25.0 Å². The number of piperidine rings is 1. The lowest BCUT2D eigenvalue weighted by Crippen LogP contribution is -2.53. The Morgan fingerprint density at radius 1 is 1.26 bits per heavy atom. The van der Waals surface area contributed by atoms with E-state index in [-0.39, 0.29) is 35.8 Å². The average molecular weight is 371 g/mol. The fourth-order valence-electron chi connectivity index (χ4n) is 3.55. The van der Waals surface area contributed by atoms with Gasteiger partial charge in [0.05, 0.1) is 5.56 Å². The van der Waals surface area contributed by atoms with E-state index in [2.05, 4.69) is 5.32 Å². The van der Waals surface area contributed by atoms with Crippen LogP contribution in [0.3, 0.4) is 0 Å². The van der Waals surface area contributed by atoms with Crippen LogP contribution in [-0.2, 0) is 14.4 Å². The molecule has 3 amide bonds. The number of amides is 3. The van der Waals surface area contributed by atoms with Crippen molar-refractivity contribution in [1.29, 1.82) is 0 Å². The molecular formula is C19H21N3O5. The number of benzene rings is 1. The first-order chi connectivity index (χ1) is 12.9. The number of carbonyl (C=O) groups excluding carboxylic acids is 5. The average Bonchev–Trinajstić information content (AvgIpc) is 3.15. The third kappa shape index (κ3) is 3.74. The minimum absolute atomic E-state index is 0.0407. The molecule has 0 spiro atoms. The molecule has 2 unspecified atom stereocenters. The van der Waals surface area contributed by atoms with Gasteiger partial charge < -0.3 is 14.6 Å². The van der Waals surface area contributed by atoms with Gasteiger partial charge in [-0.1, -0.05) is 0 Å². The van der Waals surface area contributed by atoms with Crippen LogP contribution in [0.25, 0.3) is 0 Å². The number of carbonyl (C=O) groups is 5. The molecule has 1 aromatic carbocycles. The molecule has 0 radical (unpaired) electrons. The predicted octanol–water partition coefficient (Wildman–Crippen LogP) is 0.402. The smallest absolute Gasteiger partial charge is 0.255 e. The summed E-state index contributed by atoms with van der Waals surface area (Å²) in [6.45, 7) is 1.26. The highest BCUT2D eigenvalue weighted by atomic mass is 16.2. The lowest BCUT2D eigenvalue weighted by atomic mass is 10.0. The first-order valence-corrected chi connectivity index (χ1v) is 8.85. The SMILES string of the molecule is CN(C(=O)c1cc(N2CCC(C=O)C2)ccc1C=O)C1CCC(=O)NC1=O. The van der Waals surface area contributed by atoms with Crippen LogP contribution in [0, 0.1) is 5.92 Å². The third-order valence-electron chi connectivity index (χ3n) is 5.17. The number of aldehydes is 2. The van der Waals surface area contributed by atoms with Crippen molar-refractivity contribution in [2.24, 2.45) is 5.92 Å². The maximum atomic E-state index is 13.0. The Balaban J connectivity index is 1.85. The Hall–Kier alpha value is -3.03. The quantitative estimate of drug-likeness (QED) is 0.594. The van der Waals surface area contributed by atoms with Gasteiger partial charge >= 0.3 is 0 Å². The molecule has 0 bridgehead atoms. The van der Waals surface area contributed by atoms with E-state index in [9.17, 15) is 24.0 Å². The zero-order valence-electron chi connectivity index (χ0n) is 15.0. The Morgan fingerprint density at radius 2 is 2.04 bits per heavy atom. The fourth-order valence-corrected chi connectivity index (χ4v) is 3.55. The largest absolute Gasteiger partial charge is 0.371 e. The summed E-state index contributed by atoms with van der Waals surface area (Å²) in [5.41, 5.74) is 1.18. The number of rotatable bonds is 5. The minimum atomic E-state index is -0.760. The van der Waals surface area contributed by atoms with Crippen molar-refractivity contribution in [1.82, 2.24) is 10.2 Å². The molecule has 142 valence electrons. The Labute approximate surface area is 156 Å². The van der Waals surface area contributed by atoms with Gasteiger partial charge in [-0.05, 0) is 31.0 Å². The normalized spacial score (nSPS) is 22.3. The van der Waals surface area contributed by atoms with Crippen LogP contribution < -0.4 is 10.2 Å². The number of likely N-dealkylation sites (N-methyl/N-ethyl adjacent to an activating group) is 1. The Morgan fingerprint density at radius 3 is 2.67 bits per heavy atom. The van der Waals surface area contributed by atoms with Gasteiger partial charge in [-0.2, -0.15) is 0 Å². The molecule has 1 N–H and O–H groups in total. The molecule has 0 aliphatic carbocycles. The number of hydrogen-bond acceptors (Lipinski definition) is 6. The molecule has 2 aliphatic heterocycles. The summed E-state index contributed by atoms with van der Waals surface area (Å²) in [5, 5.41) is 2.23. The van der Waals surface area contributed by atoms with E-state index in [1.165, 1.54) is 11.9 Å². The van der Waals surface area contributed by atoms with Gasteiger partial charge in [-0.3, -0.25) is 24.5 Å². The summed E-state index contributed by atoms with van der Waals surface area (Å²) in [7, 11) is 1.49. The fraction of sp³-hybridized carbons (Fsp3) is 0.421. The van der Waals surface area contributed by atoms with Crippen molar-refractivity contribution in [3.63, 3.8) is 0 Å². The van der Waals surface area contributed by atoms with Gasteiger partial charge in [-0.25, -0.2) is 0 Å². The highest BCUT2D eigenvalue weighted by Gasteiger charge is 2.33. The van der Waals surface area contributed by atoms with Crippen LogP contribution >= 0.6 is 0 Å². The molecule has 1 aromatic rings. The van der Waals surface area contributed by atoms with Crippen molar-refractivity contribution in [3.05, 3.63) is 29.3 Å². The molecule has 2 saturated heterocycles. The number of imide groups is 1.